The monoisotopic (exact) mass is 348 g/mol. The van der Waals surface area contributed by atoms with Gasteiger partial charge in [-0.3, -0.25) is 10.1 Å². The zero-order chi connectivity index (χ0) is 17.2. The van der Waals surface area contributed by atoms with Crippen molar-refractivity contribution in [1.82, 2.24) is 4.98 Å². The van der Waals surface area contributed by atoms with Gasteiger partial charge in [0.05, 0.1) is 5.69 Å². The van der Waals surface area contributed by atoms with Gasteiger partial charge in [-0.25, -0.2) is 4.98 Å². The van der Waals surface area contributed by atoms with E-state index in [4.69, 9.17) is 0 Å². The Morgan fingerprint density at radius 1 is 1.08 bits per heavy atom. The summed E-state index contributed by atoms with van der Waals surface area (Å²) >= 11 is 1.62. The molecule has 2 aromatic carbocycles. The molecule has 3 aromatic rings. The van der Waals surface area contributed by atoms with Crippen molar-refractivity contribution in [2.45, 2.75) is 26.2 Å². The van der Waals surface area contributed by atoms with Crippen LogP contribution in [0.2, 0.25) is 0 Å². The third kappa shape index (κ3) is 3.49. The number of fused-ring (bicyclic) bond motifs is 1. The number of hydrogen-bond acceptors (Lipinski definition) is 3. The van der Waals surface area contributed by atoms with Crippen molar-refractivity contribution < 1.29 is 4.79 Å². The Morgan fingerprint density at radius 2 is 1.80 bits per heavy atom. The summed E-state index contributed by atoms with van der Waals surface area (Å²) in [5.41, 5.74) is 4.08. The fourth-order valence-corrected chi connectivity index (χ4v) is 4.37. The quantitative estimate of drug-likeness (QED) is 0.708. The van der Waals surface area contributed by atoms with Crippen LogP contribution >= 0.6 is 11.3 Å². The first-order valence-electron chi connectivity index (χ1n) is 8.64. The molecular formula is C21H20N2OS. The molecule has 3 nitrogen and oxygen atoms in total. The highest BCUT2D eigenvalue weighted by atomic mass is 32.1. The molecule has 1 amide bonds. The lowest BCUT2D eigenvalue weighted by atomic mass is 9.93. The molecule has 0 saturated heterocycles. The Hall–Kier alpha value is -2.46. The molecule has 1 aliphatic rings. The number of thiazole rings is 1. The number of aromatic nitrogens is 1. The van der Waals surface area contributed by atoms with Crippen LogP contribution in [-0.4, -0.2) is 10.9 Å². The number of aryl methyl sites for hydroxylation is 1. The molecule has 0 aliphatic heterocycles. The van der Waals surface area contributed by atoms with Crippen LogP contribution < -0.4 is 5.32 Å². The Morgan fingerprint density at radius 3 is 2.56 bits per heavy atom. The van der Waals surface area contributed by atoms with E-state index in [9.17, 15) is 4.79 Å². The summed E-state index contributed by atoms with van der Waals surface area (Å²) in [4.78, 5) is 18.4. The second kappa shape index (κ2) is 6.81. The van der Waals surface area contributed by atoms with Crippen LogP contribution in [0.3, 0.4) is 0 Å². The van der Waals surface area contributed by atoms with Crippen LogP contribution in [0.4, 0.5) is 5.13 Å². The molecule has 0 fully saturated rings. The van der Waals surface area contributed by atoms with E-state index in [1.165, 1.54) is 11.3 Å². The molecule has 1 N–H and O–H groups in total. The summed E-state index contributed by atoms with van der Waals surface area (Å²) in [7, 11) is 0. The summed E-state index contributed by atoms with van der Waals surface area (Å²) in [6.45, 7) is 2.27. The first-order chi connectivity index (χ1) is 12.2. The van der Waals surface area contributed by atoms with E-state index in [2.05, 4.69) is 29.4 Å². The second-order valence-corrected chi connectivity index (χ2v) is 7.72. The van der Waals surface area contributed by atoms with Crippen LogP contribution in [0.1, 0.15) is 34.3 Å². The molecule has 126 valence electrons. The van der Waals surface area contributed by atoms with E-state index in [1.54, 1.807) is 11.3 Å². The number of amides is 1. The van der Waals surface area contributed by atoms with Crippen molar-refractivity contribution in [3.05, 3.63) is 70.7 Å². The summed E-state index contributed by atoms with van der Waals surface area (Å²) in [6, 6.07) is 17.9. The van der Waals surface area contributed by atoms with E-state index in [0.29, 0.717) is 11.5 Å². The number of benzene rings is 2. The van der Waals surface area contributed by atoms with Gasteiger partial charge in [-0.15, -0.1) is 11.3 Å². The van der Waals surface area contributed by atoms with Crippen LogP contribution in [0.5, 0.6) is 0 Å². The van der Waals surface area contributed by atoms with Crippen LogP contribution in [0.25, 0.3) is 11.1 Å². The summed E-state index contributed by atoms with van der Waals surface area (Å²) in [5.74, 6) is 0.612. The number of carbonyl (C=O) groups excluding carboxylic acids is 1. The van der Waals surface area contributed by atoms with Gasteiger partial charge >= 0.3 is 0 Å². The molecule has 0 unspecified atom stereocenters. The Bertz CT molecular complexity index is 884. The molecule has 1 heterocycles. The third-order valence-electron chi connectivity index (χ3n) is 4.66. The predicted octanol–water partition coefficient (Wildman–Crippen LogP) is 5.19. The first-order valence-corrected chi connectivity index (χ1v) is 9.46. The smallest absolute Gasteiger partial charge is 0.257 e. The molecule has 0 bridgehead atoms. The normalized spacial score (nSPS) is 16.3. The first kappa shape index (κ1) is 16.0. The molecule has 0 spiro atoms. The fraction of sp³-hybridized carbons (Fsp3) is 0.238. The second-order valence-electron chi connectivity index (χ2n) is 6.63. The van der Waals surface area contributed by atoms with E-state index in [0.717, 1.165) is 34.8 Å². The van der Waals surface area contributed by atoms with Gasteiger partial charge in [-0.1, -0.05) is 49.4 Å². The number of carbonyl (C=O) groups is 1. The average molecular weight is 348 g/mol. The van der Waals surface area contributed by atoms with Gasteiger partial charge < -0.3 is 0 Å². The van der Waals surface area contributed by atoms with Crippen molar-refractivity contribution in [2.24, 2.45) is 5.92 Å². The zero-order valence-electron chi connectivity index (χ0n) is 14.2. The van der Waals surface area contributed by atoms with Gasteiger partial charge in [0.1, 0.15) is 0 Å². The van der Waals surface area contributed by atoms with Crippen molar-refractivity contribution in [1.29, 1.82) is 0 Å². The van der Waals surface area contributed by atoms with Crippen molar-refractivity contribution >= 4 is 22.4 Å². The summed E-state index contributed by atoms with van der Waals surface area (Å²) < 4.78 is 0. The van der Waals surface area contributed by atoms with E-state index in [1.807, 2.05) is 42.5 Å². The average Bonchev–Trinajstić information content (AvgIpc) is 3.04. The Kier molecular flexibility index (Phi) is 4.36. The molecule has 0 saturated carbocycles. The maximum Gasteiger partial charge on any atom is 0.257 e. The van der Waals surface area contributed by atoms with Gasteiger partial charge in [0.25, 0.3) is 5.91 Å². The van der Waals surface area contributed by atoms with Crippen LogP contribution in [0.15, 0.2) is 54.6 Å². The molecule has 1 atom stereocenters. The zero-order valence-corrected chi connectivity index (χ0v) is 15.0. The number of nitrogens with zero attached hydrogens (tertiary/aromatic N) is 1. The van der Waals surface area contributed by atoms with E-state index >= 15 is 0 Å². The summed E-state index contributed by atoms with van der Waals surface area (Å²) in [6.07, 6.45) is 3.29. The minimum Gasteiger partial charge on any atom is -0.298 e. The molecule has 1 aromatic heterocycles. The van der Waals surface area contributed by atoms with Gasteiger partial charge in [0.15, 0.2) is 5.13 Å². The lowest BCUT2D eigenvalue weighted by Gasteiger charge is -2.15. The molecule has 0 radical (unpaired) electrons. The molecule has 4 heteroatoms. The standard InChI is InChI=1S/C21H20N2OS/c1-14-7-12-18-19(13-14)25-21(22-18)23-20(24)17-10-8-16(9-11-17)15-5-3-2-4-6-15/h2-6,8-11,14H,7,12-13H2,1H3,(H,22,23,24)/t14-/m0/s1. The van der Waals surface area contributed by atoms with Gasteiger partial charge in [-0.2, -0.15) is 0 Å². The molecule has 25 heavy (non-hydrogen) atoms. The van der Waals surface area contributed by atoms with Gasteiger partial charge in [0, 0.05) is 10.4 Å². The predicted molar refractivity (Wildman–Crippen MR) is 103 cm³/mol. The number of nitrogens with one attached hydrogen (secondary N) is 1. The lowest BCUT2D eigenvalue weighted by molar-refractivity contribution is 0.102. The number of anilines is 1. The van der Waals surface area contributed by atoms with E-state index < -0.39 is 0 Å². The maximum absolute atomic E-state index is 12.5. The van der Waals surface area contributed by atoms with Crippen molar-refractivity contribution in [3.63, 3.8) is 0 Å². The molecule has 4 rings (SSSR count). The van der Waals surface area contributed by atoms with E-state index in [-0.39, 0.29) is 5.91 Å². The SMILES string of the molecule is C[C@H]1CCc2nc(NC(=O)c3ccc(-c4ccccc4)cc3)sc2C1. The van der Waals surface area contributed by atoms with Crippen LogP contribution in [-0.2, 0) is 12.8 Å². The maximum atomic E-state index is 12.5. The lowest BCUT2D eigenvalue weighted by Crippen LogP contribution is -2.11. The fourth-order valence-electron chi connectivity index (χ4n) is 3.21. The minimum absolute atomic E-state index is 0.0984. The number of rotatable bonds is 3. The third-order valence-corrected chi connectivity index (χ3v) is 5.70. The number of hydrogen-bond donors (Lipinski definition) is 1. The Balaban J connectivity index is 1.48. The largest absolute Gasteiger partial charge is 0.298 e. The molecule has 1 aliphatic carbocycles. The Labute approximate surface area is 151 Å². The topological polar surface area (TPSA) is 42.0 Å². The van der Waals surface area contributed by atoms with Crippen molar-refractivity contribution in [2.75, 3.05) is 5.32 Å². The highest BCUT2D eigenvalue weighted by molar-refractivity contribution is 7.15. The van der Waals surface area contributed by atoms with Gasteiger partial charge in [-0.05, 0) is 48.4 Å². The minimum atomic E-state index is -0.0984. The summed E-state index contributed by atoms with van der Waals surface area (Å²) in [5, 5.41) is 3.68. The highest BCUT2D eigenvalue weighted by Crippen LogP contribution is 2.32. The molecular weight excluding hydrogens is 328 g/mol. The van der Waals surface area contributed by atoms with Crippen LogP contribution in [0, 0.1) is 5.92 Å². The van der Waals surface area contributed by atoms with Gasteiger partial charge in [0.2, 0.25) is 0 Å². The van der Waals surface area contributed by atoms with Crippen molar-refractivity contribution in [3.8, 4) is 11.1 Å². The highest BCUT2D eigenvalue weighted by Gasteiger charge is 2.20.